The van der Waals surface area contributed by atoms with Crippen LogP contribution in [0, 0.1) is 0 Å². The summed E-state index contributed by atoms with van der Waals surface area (Å²) >= 11 is 0. The summed E-state index contributed by atoms with van der Waals surface area (Å²) in [4.78, 5) is 15.6. The Bertz CT molecular complexity index is 517. The number of aromatic nitrogens is 2. The molecule has 1 aromatic carbocycles. The lowest BCUT2D eigenvalue weighted by molar-refractivity contribution is 0.0943. The summed E-state index contributed by atoms with van der Waals surface area (Å²) < 4.78 is 1.66. The van der Waals surface area contributed by atoms with Crippen molar-refractivity contribution in [1.82, 2.24) is 14.9 Å². The van der Waals surface area contributed by atoms with Crippen molar-refractivity contribution in [3.63, 3.8) is 0 Å². The van der Waals surface area contributed by atoms with E-state index in [-0.39, 0.29) is 11.7 Å². The maximum absolute atomic E-state index is 11.7. The van der Waals surface area contributed by atoms with Gasteiger partial charge in [-0.2, -0.15) is 0 Å². The first-order chi connectivity index (χ1) is 8.16. The number of aryl methyl sites for hydroxylation is 1. The van der Waals surface area contributed by atoms with Gasteiger partial charge in [-0.05, 0) is 17.7 Å². The highest BCUT2D eigenvalue weighted by Crippen LogP contribution is 2.09. The molecule has 0 spiro atoms. The number of carbonyl (C=O) groups is 1. The molecule has 0 saturated heterocycles. The molecule has 1 amide bonds. The third kappa shape index (κ3) is 2.63. The molecular formula is C12H13N3O2. The number of aromatic hydroxyl groups is 1. The van der Waals surface area contributed by atoms with Gasteiger partial charge in [0.15, 0.2) is 0 Å². The van der Waals surface area contributed by atoms with Crippen LogP contribution in [0.25, 0.3) is 0 Å². The van der Waals surface area contributed by atoms with E-state index in [4.69, 9.17) is 5.11 Å². The highest BCUT2D eigenvalue weighted by Gasteiger charge is 2.08. The van der Waals surface area contributed by atoms with Gasteiger partial charge in [-0.15, -0.1) is 0 Å². The third-order valence-corrected chi connectivity index (χ3v) is 2.44. The van der Waals surface area contributed by atoms with Crippen molar-refractivity contribution in [3.05, 3.63) is 48.0 Å². The summed E-state index contributed by atoms with van der Waals surface area (Å²) in [6.07, 6.45) is 3.10. The van der Waals surface area contributed by atoms with Crippen molar-refractivity contribution in [1.29, 1.82) is 0 Å². The van der Waals surface area contributed by atoms with Crippen molar-refractivity contribution in [2.75, 3.05) is 0 Å². The number of amides is 1. The lowest BCUT2D eigenvalue weighted by atomic mass is 10.2. The molecule has 0 unspecified atom stereocenters. The zero-order valence-electron chi connectivity index (χ0n) is 9.42. The maximum atomic E-state index is 11.7. The Morgan fingerprint density at radius 2 is 2.12 bits per heavy atom. The van der Waals surface area contributed by atoms with Crippen molar-refractivity contribution in [2.24, 2.45) is 7.05 Å². The van der Waals surface area contributed by atoms with Gasteiger partial charge < -0.3 is 15.0 Å². The van der Waals surface area contributed by atoms with Crippen LogP contribution in [0.2, 0.25) is 0 Å². The molecule has 17 heavy (non-hydrogen) atoms. The van der Waals surface area contributed by atoms with E-state index in [1.165, 1.54) is 6.20 Å². The lowest BCUT2D eigenvalue weighted by Crippen LogP contribution is -2.24. The van der Waals surface area contributed by atoms with Crippen LogP contribution in [0.4, 0.5) is 0 Å². The number of carbonyl (C=O) groups excluding carboxylic acids is 1. The summed E-state index contributed by atoms with van der Waals surface area (Å²) in [5, 5.41) is 11.9. The Balaban J connectivity index is 1.97. The molecule has 0 fully saturated rings. The summed E-state index contributed by atoms with van der Waals surface area (Å²) in [6, 6.07) is 6.70. The average Bonchev–Trinajstić information content (AvgIpc) is 2.74. The van der Waals surface area contributed by atoms with E-state index in [9.17, 15) is 4.79 Å². The van der Waals surface area contributed by atoms with Gasteiger partial charge in [-0.1, -0.05) is 12.1 Å². The van der Waals surface area contributed by atoms with Crippen LogP contribution >= 0.6 is 0 Å². The Hall–Kier alpha value is -2.30. The van der Waals surface area contributed by atoms with E-state index in [1.807, 2.05) is 0 Å². The van der Waals surface area contributed by atoms with Crippen LogP contribution in [0.5, 0.6) is 5.75 Å². The number of benzene rings is 1. The molecule has 88 valence electrons. The zero-order chi connectivity index (χ0) is 12.3. The molecule has 0 radical (unpaired) electrons. The molecular weight excluding hydrogens is 218 g/mol. The minimum Gasteiger partial charge on any atom is -0.508 e. The lowest BCUT2D eigenvalue weighted by Gasteiger charge is -2.05. The SMILES string of the molecule is Cn1cncc1C(=O)NCc1ccc(O)cc1. The number of phenols is 1. The normalized spacial score (nSPS) is 10.2. The Morgan fingerprint density at radius 3 is 2.71 bits per heavy atom. The molecule has 0 saturated carbocycles. The molecule has 2 aromatic rings. The van der Waals surface area contributed by atoms with E-state index in [0.29, 0.717) is 12.2 Å². The molecule has 5 heteroatoms. The fourth-order valence-corrected chi connectivity index (χ4v) is 1.46. The predicted octanol–water partition coefficient (Wildman–Crippen LogP) is 1.06. The van der Waals surface area contributed by atoms with E-state index >= 15 is 0 Å². The van der Waals surface area contributed by atoms with Crippen LogP contribution in [-0.2, 0) is 13.6 Å². The molecule has 0 bridgehead atoms. The van der Waals surface area contributed by atoms with Crippen LogP contribution < -0.4 is 5.32 Å². The first kappa shape index (κ1) is 11.2. The molecule has 0 aliphatic heterocycles. The summed E-state index contributed by atoms with van der Waals surface area (Å²) in [5.41, 5.74) is 1.45. The second kappa shape index (κ2) is 4.69. The third-order valence-electron chi connectivity index (χ3n) is 2.44. The Kier molecular flexibility index (Phi) is 3.09. The van der Waals surface area contributed by atoms with Crippen molar-refractivity contribution >= 4 is 5.91 Å². The fraction of sp³-hybridized carbons (Fsp3) is 0.167. The molecule has 0 atom stereocenters. The first-order valence-electron chi connectivity index (χ1n) is 5.19. The van der Waals surface area contributed by atoms with Gasteiger partial charge in [0, 0.05) is 13.6 Å². The predicted molar refractivity (Wildman–Crippen MR) is 62.5 cm³/mol. The van der Waals surface area contributed by atoms with Crippen LogP contribution in [0.1, 0.15) is 16.1 Å². The van der Waals surface area contributed by atoms with Crippen molar-refractivity contribution in [3.8, 4) is 5.75 Å². The summed E-state index contributed by atoms with van der Waals surface area (Å²) in [7, 11) is 1.77. The minimum absolute atomic E-state index is 0.168. The van der Waals surface area contributed by atoms with Gasteiger partial charge in [-0.25, -0.2) is 4.98 Å². The van der Waals surface area contributed by atoms with E-state index in [1.54, 1.807) is 42.2 Å². The molecule has 1 aromatic heterocycles. The van der Waals surface area contributed by atoms with Gasteiger partial charge in [0.05, 0.1) is 12.5 Å². The van der Waals surface area contributed by atoms with Gasteiger partial charge in [0.25, 0.3) is 5.91 Å². The Labute approximate surface area is 98.7 Å². The molecule has 5 nitrogen and oxygen atoms in total. The van der Waals surface area contributed by atoms with Gasteiger partial charge >= 0.3 is 0 Å². The zero-order valence-corrected chi connectivity index (χ0v) is 9.42. The van der Waals surface area contributed by atoms with Crippen LogP contribution in [-0.4, -0.2) is 20.6 Å². The number of phenolic OH excluding ortho intramolecular Hbond substituents is 1. The van der Waals surface area contributed by atoms with E-state index in [2.05, 4.69) is 10.3 Å². The number of hydrogen-bond donors (Lipinski definition) is 2. The second-order valence-electron chi connectivity index (χ2n) is 3.74. The van der Waals surface area contributed by atoms with Crippen molar-refractivity contribution < 1.29 is 9.90 Å². The number of nitrogens with one attached hydrogen (secondary N) is 1. The Morgan fingerprint density at radius 1 is 1.41 bits per heavy atom. The quantitative estimate of drug-likeness (QED) is 0.829. The second-order valence-corrected chi connectivity index (χ2v) is 3.74. The van der Waals surface area contributed by atoms with Crippen LogP contribution in [0.3, 0.4) is 0 Å². The van der Waals surface area contributed by atoms with E-state index in [0.717, 1.165) is 5.56 Å². The van der Waals surface area contributed by atoms with Crippen molar-refractivity contribution in [2.45, 2.75) is 6.54 Å². The van der Waals surface area contributed by atoms with E-state index < -0.39 is 0 Å². The number of hydrogen-bond acceptors (Lipinski definition) is 3. The summed E-state index contributed by atoms with van der Waals surface area (Å²) in [6.45, 7) is 0.421. The van der Waals surface area contributed by atoms with Crippen LogP contribution in [0.15, 0.2) is 36.8 Å². The molecule has 0 aliphatic carbocycles. The topological polar surface area (TPSA) is 67.2 Å². The molecule has 2 N–H and O–H groups in total. The van der Waals surface area contributed by atoms with Gasteiger partial charge in [-0.3, -0.25) is 4.79 Å². The molecule has 0 aliphatic rings. The molecule has 2 rings (SSSR count). The highest BCUT2D eigenvalue weighted by molar-refractivity contribution is 5.92. The number of imidazole rings is 1. The fourth-order valence-electron chi connectivity index (χ4n) is 1.46. The van der Waals surface area contributed by atoms with Gasteiger partial charge in [0.2, 0.25) is 0 Å². The number of rotatable bonds is 3. The average molecular weight is 231 g/mol. The largest absolute Gasteiger partial charge is 0.508 e. The smallest absolute Gasteiger partial charge is 0.269 e. The van der Waals surface area contributed by atoms with Gasteiger partial charge in [0.1, 0.15) is 11.4 Å². The number of nitrogens with zero attached hydrogens (tertiary/aromatic N) is 2. The standard InChI is InChI=1S/C12H13N3O2/c1-15-8-13-7-11(15)12(17)14-6-9-2-4-10(16)5-3-9/h2-5,7-8,16H,6H2,1H3,(H,14,17). The molecule has 1 heterocycles. The summed E-state index contributed by atoms with van der Waals surface area (Å²) in [5.74, 6) is 0.0461. The minimum atomic E-state index is -0.168. The maximum Gasteiger partial charge on any atom is 0.269 e. The first-order valence-corrected chi connectivity index (χ1v) is 5.19. The highest BCUT2D eigenvalue weighted by atomic mass is 16.3. The monoisotopic (exact) mass is 231 g/mol.